The highest BCUT2D eigenvalue weighted by Gasteiger charge is 2.32. The Morgan fingerprint density at radius 1 is 0.714 bits per heavy atom. The summed E-state index contributed by atoms with van der Waals surface area (Å²) in [6.45, 7) is 18.7. The van der Waals surface area contributed by atoms with Gasteiger partial charge in [0.2, 0.25) is 5.91 Å². The summed E-state index contributed by atoms with van der Waals surface area (Å²) in [6.07, 6.45) is 2.96. The van der Waals surface area contributed by atoms with Crippen LogP contribution < -0.4 is 25.8 Å². The van der Waals surface area contributed by atoms with Crippen LogP contribution in [-0.2, 0) is 35.3 Å². The SMILES string of the molecule is CC(C)CCOc1ccc2ccccc2c1-c1c(OCC(=O)C[C@H](CCCCNC(=O)OC(C)(C)C)C(=O)N[C@H](CCCN=C(N)CP(C)C)C(=O)C[C@@H](CC(C)C)C(=O)OCc2ccc(Cl)cc2)ccc2ccccc12. The van der Waals surface area contributed by atoms with Gasteiger partial charge < -0.3 is 35.3 Å². The maximum atomic E-state index is 14.7. The number of Topliss-reactive ketones (excluding diaryl/α,β-unsaturated/α-hetero) is 2. The number of hydrogen-bond donors (Lipinski definition) is 3. The number of nitrogens with two attached hydrogens (primary N) is 1. The predicted molar refractivity (Wildman–Crippen MR) is 314 cm³/mol. The van der Waals surface area contributed by atoms with Crippen LogP contribution in [0.25, 0.3) is 32.7 Å². The first-order valence-electron chi connectivity index (χ1n) is 27.1. The van der Waals surface area contributed by atoms with Crippen LogP contribution in [0.5, 0.6) is 11.5 Å². The molecule has 15 heteroatoms. The number of amidine groups is 1. The summed E-state index contributed by atoms with van der Waals surface area (Å²) in [7, 11) is -0.304. The number of carbonyl (C=O) groups excluding carboxylic acids is 5. The fourth-order valence-electron chi connectivity index (χ4n) is 9.07. The molecule has 0 aliphatic heterocycles. The summed E-state index contributed by atoms with van der Waals surface area (Å²) < 4.78 is 24.2. The molecule has 0 aliphatic carbocycles. The van der Waals surface area contributed by atoms with E-state index in [-0.39, 0.29) is 70.8 Å². The number of amides is 2. The van der Waals surface area contributed by atoms with E-state index in [0.29, 0.717) is 73.3 Å². The van der Waals surface area contributed by atoms with E-state index in [1.54, 1.807) is 45.0 Å². The van der Waals surface area contributed by atoms with Crippen molar-refractivity contribution in [1.29, 1.82) is 0 Å². The summed E-state index contributed by atoms with van der Waals surface area (Å²) >= 11 is 6.08. The molecule has 2 amide bonds. The molecule has 0 unspecified atom stereocenters. The van der Waals surface area contributed by atoms with Crippen LogP contribution >= 0.6 is 19.5 Å². The average Bonchev–Trinajstić information content (AvgIpc) is 3.39. The van der Waals surface area contributed by atoms with Gasteiger partial charge in [0.15, 0.2) is 11.6 Å². The molecule has 77 heavy (non-hydrogen) atoms. The fourth-order valence-corrected chi connectivity index (χ4v) is 9.94. The van der Waals surface area contributed by atoms with Gasteiger partial charge in [0, 0.05) is 54.2 Å². The molecule has 0 aliphatic rings. The van der Waals surface area contributed by atoms with Crippen molar-refractivity contribution in [3.8, 4) is 22.6 Å². The Kier molecular flexibility index (Phi) is 24.7. The Bertz CT molecular complexity index is 2770. The van der Waals surface area contributed by atoms with Gasteiger partial charge in [0.1, 0.15) is 30.3 Å². The van der Waals surface area contributed by atoms with Crippen LogP contribution in [0.15, 0.2) is 102 Å². The van der Waals surface area contributed by atoms with E-state index in [1.807, 2.05) is 68.4 Å². The fraction of sp³-hybridized carbons (Fsp3) is 0.484. The number of esters is 1. The third kappa shape index (κ3) is 21.0. The molecule has 5 aromatic carbocycles. The van der Waals surface area contributed by atoms with Gasteiger partial charge in [-0.1, -0.05) is 119 Å². The number of halogens is 1. The minimum atomic E-state index is -0.993. The van der Waals surface area contributed by atoms with Gasteiger partial charge in [-0.2, -0.15) is 0 Å². The van der Waals surface area contributed by atoms with Gasteiger partial charge in [0.25, 0.3) is 0 Å². The summed E-state index contributed by atoms with van der Waals surface area (Å²) in [6, 6.07) is 30.1. The van der Waals surface area contributed by atoms with Crippen molar-refractivity contribution < 1.29 is 42.9 Å². The van der Waals surface area contributed by atoms with E-state index in [4.69, 9.17) is 36.3 Å². The molecule has 0 radical (unpaired) electrons. The summed E-state index contributed by atoms with van der Waals surface area (Å²) in [5.74, 6) is -1.01. The number of alkyl carbamates (subject to hydrolysis) is 1. The van der Waals surface area contributed by atoms with Gasteiger partial charge in [-0.15, -0.1) is 7.92 Å². The number of unbranched alkanes of at least 4 members (excludes halogenated alkanes) is 1. The third-order valence-electron chi connectivity index (χ3n) is 12.8. The van der Waals surface area contributed by atoms with Gasteiger partial charge in [-0.25, -0.2) is 4.79 Å². The summed E-state index contributed by atoms with van der Waals surface area (Å²) in [5.41, 5.74) is 7.96. The van der Waals surface area contributed by atoms with Gasteiger partial charge in [-0.3, -0.25) is 24.2 Å². The Balaban J connectivity index is 1.42. The molecule has 416 valence electrons. The molecular weight excluding hydrogens is 1010 g/mol. The zero-order valence-electron chi connectivity index (χ0n) is 46.8. The standard InChI is InChI=1S/C62H82ClN4O9P/c1-41(2)31-34-73-54-29-25-44-17-10-12-20-50(44)57(54)58-51-21-13-11-18-45(51)26-30-55(58)74-39-49(68)36-46(19-14-15-32-66-61(72)76-62(5,6)7)59(70)67-52(22-16-33-65-56(64)40-77(8)9)53(69)37-47(35-42(3)4)60(71)75-38-43-23-27-48(63)28-24-43/h10-13,17-18,20-21,23-30,41-42,46-47,52H,14-16,19,22,31-40H2,1-9H3,(H2,64,65)(H,66,72)(H,67,70)/t46-,47+,52+/m0/s1. The number of fused-ring (bicyclic) bond motifs is 2. The number of rotatable bonds is 31. The number of nitrogens with zero attached hydrogens (tertiary/aromatic N) is 1. The van der Waals surface area contributed by atoms with Crippen LogP contribution in [0.2, 0.25) is 5.02 Å². The van der Waals surface area contributed by atoms with Crippen LogP contribution in [0.3, 0.4) is 0 Å². The lowest BCUT2D eigenvalue weighted by Crippen LogP contribution is -2.45. The molecule has 0 fully saturated rings. The molecule has 5 rings (SSSR count). The van der Waals surface area contributed by atoms with Crippen molar-refractivity contribution >= 4 is 76.4 Å². The molecule has 0 saturated carbocycles. The first-order chi connectivity index (χ1) is 36.7. The predicted octanol–water partition coefficient (Wildman–Crippen LogP) is 13.1. The number of ether oxygens (including phenoxy) is 4. The van der Waals surface area contributed by atoms with E-state index in [2.05, 4.69) is 61.0 Å². The highest BCUT2D eigenvalue weighted by Crippen LogP contribution is 2.45. The highest BCUT2D eigenvalue weighted by molar-refractivity contribution is 7.57. The zero-order valence-corrected chi connectivity index (χ0v) is 48.4. The normalized spacial score (nSPS) is 13.1. The molecule has 13 nitrogen and oxygen atoms in total. The van der Waals surface area contributed by atoms with Gasteiger partial charge >= 0.3 is 12.1 Å². The smallest absolute Gasteiger partial charge is 0.407 e. The van der Waals surface area contributed by atoms with Crippen molar-refractivity contribution in [2.75, 3.05) is 45.8 Å². The first kappa shape index (κ1) is 61.8. The minimum absolute atomic E-state index is 0.0159. The largest absolute Gasteiger partial charge is 0.493 e. The molecule has 5 aromatic rings. The number of hydrogen-bond acceptors (Lipinski definition) is 10. The average molecular weight is 1090 g/mol. The Morgan fingerprint density at radius 2 is 1.34 bits per heavy atom. The van der Waals surface area contributed by atoms with Crippen LogP contribution in [0, 0.1) is 23.7 Å². The maximum Gasteiger partial charge on any atom is 0.407 e. The summed E-state index contributed by atoms with van der Waals surface area (Å²) in [4.78, 5) is 74.3. The third-order valence-corrected chi connectivity index (χ3v) is 14.1. The van der Waals surface area contributed by atoms with E-state index in [0.717, 1.165) is 44.7 Å². The molecule has 3 atom stereocenters. The first-order valence-corrected chi connectivity index (χ1v) is 29.9. The van der Waals surface area contributed by atoms with Crippen LogP contribution in [-0.4, -0.2) is 92.8 Å². The second-order valence-corrected chi connectivity index (χ2v) is 25.0. The molecular formula is C62H82ClN4O9P. The van der Waals surface area contributed by atoms with Crippen molar-refractivity contribution in [1.82, 2.24) is 10.6 Å². The van der Waals surface area contributed by atoms with Crippen molar-refractivity contribution in [3.63, 3.8) is 0 Å². The second kappa shape index (κ2) is 30.8. The van der Waals surface area contributed by atoms with Crippen molar-refractivity contribution in [2.24, 2.45) is 34.4 Å². The van der Waals surface area contributed by atoms with Crippen LogP contribution in [0.4, 0.5) is 4.79 Å². The van der Waals surface area contributed by atoms with E-state index < -0.39 is 41.4 Å². The molecule has 0 bridgehead atoms. The lowest BCUT2D eigenvalue weighted by atomic mass is 9.89. The number of benzene rings is 5. The number of carbonyl (C=O) groups is 5. The Labute approximate surface area is 462 Å². The highest BCUT2D eigenvalue weighted by atomic mass is 35.5. The van der Waals surface area contributed by atoms with Crippen molar-refractivity contribution in [2.45, 2.75) is 125 Å². The van der Waals surface area contributed by atoms with E-state index >= 15 is 0 Å². The monoisotopic (exact) mass is 1090 g/mol. The number of ketones is 2. The van der Waals surface area contributed by atoms with E-state index in [9.17, 15) is 24.0 Å². The molecule has 4 N–H and O–H groups in total. The van der Waals surface area contributed by atoms with Crippen molar-refractivity contribution in [3.05, 3.63) is 108 Å². The quantitative estimate of drug-likeness (QED) is 0.0127. The maximum absolute atomic E-state index is 14.7. The topological polar surface area (TPSA) is 185 Å². The molecule has 0 aromatic heterocycles. The van der Waals surface area contributed by atoms with Crippen LogP contribution in [0.1, 0.15) is 112 Å². The number of aliphatic imine (C=N–C) groups is 1. The lowest BCUT2D eigenvalue weighted by Gasteiger charge is -2.24. The Hall–Kier alpha value is -6.04. The summed E-state index contributed by atoms with van der Waals surface area (Å²) in [5, 5.41) is 10.3. The molecule has 0 spiro atoms. The van der Waals surface area contributed by atoms with Gasteiger partial charge in [-0.05, 0) is 136 Å². The van der Waals surface area contributed by atoms with Gasteiger partial charge in [0.05, 0.1) is 24.4 Å². The zero-order chi connectivity index (χ0) is 56.1. The lowest BCUT2D eigenvalue weighted by molar-refractivity contribution is -0.152. The molecule has 0 saturated heterocycles. The number of nitrogens with one attached hydrogen (secondary N) is 2. The molecule has 0 heterocycles. The Morgan fingerprint density at radius 3 is 1.94 bits per heavy atom. The minimum Gasteiger partial charge on any atom is -0.493 e. The van der Waals surface area contributed by atoms with E-state index in [1.165, 1.54) is 0 Å². The second-order valence-electron chi connectivity index (χ2n) is 22.0.